The molecule has 0 radical (unpaired) electrons. The predicted octanol–water partition coefficient (Wildman–Crippen LogP) is 3.64. The molecule has 4 nitrogen and oxygen atoms in total. The Balaban J connectivity index is 1.42. The van der Waals surface area contributed by atoms with E-state index in [1.807, 2.05) is 36.4 Å². The summed E-state index contributed by atoms with van der Waals surface area (Å²) in [5.74, 6) is -0.228. The lowest BCUT2D eigenvalue weighted by Crippen LogP contribution is -2.29. The largest absolute Gasteiger partial charge is 0.386 e. The highest BCUT2D eigenvalue weighted by Gasteiger charge is 2.16. The number of nitrogens with one attached hydrogen (secondary N) is 1. The Kier molecular flexibility index (Phi) is 4.51. The molecule has 0 fully saturated rings. The first-order valence-electron chi connectivity index (χ1n) is 8.64. The van der Waals surface area contributed by atoms with Gasteiger partial charge in [-0.3, -0.25) is 4.79 Å². The number of carbonyl (C=O) groups is 1. The van der Waals surface area contributed by atoms with Crippen molar-refractivity contribution in [3.63, 3.8) is 0 Å². The highest BCUT2D eigenvalue weighted by Crippen LogP contribution is 2.29. The average molecular weight is 352 g/mol. The number of hydrogen-bond acceptors (Lipinski definition) is 4. The Hall–Kier alpha value is -2.24. The van der Waals surface area contributed by atoms with E-state index in [4.69, 9.17) is 0 Å². The molecule has 1 atom stereocenters. The fourth-order valence-corrected chi connectivity index (χ4v) is 4.31. The summed E-state index contributed by atoms with van der Waals surface area (Å²) >= 11 is 1.55. The van der Waals surface area contributed by atoms with Crippen LogP contribution in [0.4, 0.5) is 0 Å². The third-order valence-corrected chi connectivity index (χ3v) is 5.86. The van der Waals surface area contributed by atoms with Crippen LogP contribution in [0.2, 0.25) is 0 Å². The lowest BCUT2D eigenvalue weighted by molar-refractivity contribution is 0.0913. The molecule has 128 valence electrons. The summed E-state index contributed by atoms with van der Waals surface area (Å²) in [6, 6.07) is 13.8. The molecule has 3 aromatic rings. The van der Waals surface area contributed by atoms with Gasteiger partial charge in [-0.25, -0.2) is 4.98 Å². The second-order valence-electron chi connectivity index (χ2n) is 6.42. The molecule has 1 unspecified atom stereocenters. The molecular weight excluding hydrogens is 332 g/mol. The van der Waals surface area contributed by atoms with Crippen LogP contribution in [-0.4, -0.2) is 22.5 Å². The van der Waals surface area contributed by atoms with Gasteiger partial charge in [0.2, 0.25) is 0 Å². The number of pyridine rings is 1. The molecule has 0 saturated heterocycles. The number of carbonyl (C=O) groups excluding carboxylic acids is 1. The first kappa shape index (κ1) is 16.2. The molecule has 1 aliphatic carbocycles. The van der Waals surface area contributed by atoms with Gasteiger partial charge in [0, 0.05) is 21.8 Å². The van der Waals surface area contributed by atoms with Gasteiger partial charge in [0.05, 0.1) is 0 Å². The second-order valence-corrected chi connectivity index (χ2v) is 7.54. The van der Waals surface area contributed by atoms with E-state index >= 15 is 0 Å². The monoisotopic (exact) mass is 352 g/mol. The molecule has 0 spiro atoms. The smallest absolute Gasteiger partial charge is 0.269 e. The lowest BCUT2D eigenvalue weighted by atomic mass is 9.96. The summed E-state index contributed by atoms with van der Waals surface area (Å²) in [7, 11) is 0. The number of aromatic nitrogens is 1. The molecule has 1 amide bonds. The van der Waals surface area contributed by atoms with Crippen LogP contribution < -0.4 is 5.32 Å². The van der Waals surface area contributed by atoms with Gasteiger partial charge in [0.15, 0.2) is 0 Å². The number of aliphatic hydroxyl groups is 1. The molecule has 1 aromatic carbocycles. The molecule has 2 aromatic heterocycles. The zero-order valence-corrected chi connectivity index (χ0v) is 14.7. The minimum Gasteiger partial charge on any atom is -0.386 e. The molecule has 2 heterocycles. The zero-order chi connectivity index (χ0) is 17.2. The van der Waals surface area contributed by atoms with Gasteiger partial charge in [0.25, 0.3) is 5.91 Å². The van der Waals surface area contributed by atoms with Crippen LogP contribution in [0.1, 0.15) is 45.6 Å². The van der Waals surface area contributed by atoms with Crippen molar-refractivity contribution in [2.45, 2.75) is 31.8 Å². The van der Waals surface area contributed by atoms with Gasteiger partial charge in [-0.1, -0.05) is 24.3 Å². The predicted molar refractivity (Wildman–Crippen MR) is 100.0 cm³/mol. The Bertz CT molecular complexity index is 886. The number of aliphatic hydroxyl groups excluding tert-OH is 1. The standard InChI is InChI=1S/C20H20N2O2S/c23-17(19-11-14-6-2-4-8-18(14)25-19)12-21-20(24)16-10-9-13-5-1-3-7-15(13)22-16/h2,4,6,8-11,17,23H,1,3,5,7,12H2,(H,21,24). The minimum atomic E-state index is -0.709. The van der Waals surface area contributed by atoms with Crippen molar-refractivity contribution in [1.82, 2.24) is 10.3 Å². The van der Waals surface area contributed by atoms with Gasteiger partial charge < -0.3 is 10.4 Å². The van der Waals surface area contributed by atoms with Gasteiger partial charge >= 0.3 is 0 Å². The summed E-state index contributed by atoms with van der Waals surface area (Å²) < 4.78 is 1.14. The Morgan fingerprint density at radius 3 is 2.92 bits per heavy atom. The van der Waals surface area contributed by atoms with Crippen molar-refractivity contribution in [3.8, 4) is 0 Å². The van der Waals surface area contributed by atoms with Crippen LogP contribution >= 0.6 is 11.3 Å². The van der Waals surface area contributed by atoms with Gasteiger partial charge in [-0.05, 0) is 54.8 Å². The molecule has 0 aliphatic heterocycles. The van der Waals surface area contributed by atoms with Gasteiger partial charge in [0.1, 0.15) is 11.8 Å². The third-order valence-electron chi connectivity index (χ3n) is 4.64. The average Bonchev–Trinajstić information content (AvgIpc) is 3.09. The van der Waals surface area contributed by atoms with Crippen molar-refractivity contribution in [2.24, 2.45) is 0 Å². The van der Waals surface area contributed by atoms with Crippen LogP contribution in [0.25, 0.3) is 10.1 Å². The molecule has 2 N–H and O–H groups in total. The normalized spacial score (nSPS) is 14.9. The van der Waals surface area contributed by atoms with E-state index < -0.39 is 6.10 Å². The van der Waals surface area contributed by atoms with E-state index in [0.29, 0.717) is 5.69 Å². The Morgan fingerprint density at radius 2 is 2.04 bits per heavy atom. The summed E-state index contributed by atoms with van der Waals surface area (Å²) in [5, 5.41) is 14.3. The van der Waals surface area contributed by atoms with Crippen molar-refractivity contribution < 1.29 is 9.90 Å². The van der Waals surface area contributed by atoms with Crippen molar-refractivity contribution in [1.29, 1.82) is 0 Å². The van der Waals surface area contributed by atoms with Crippen LogP contribution in [0, 0.1) is 0 Å². The summed E-state index contributed by atoms with van der Waals surface area (Å²) in [6.07, 6.45) is 3.62. The van der Waals surface area contributed by atoms with Crippen molar-refractivity contribution in [2.75, 3.05) is 6.54 Å². The highest BCUT2D eigenvalue weighted by molar-refractivity contribution is 7.19. The number of thiophene rings is 1. The van der Waals surface area contributed by atoms with Gasteiger partial charge in [-0.15, -0.1) is 11.3 Å². The molecule has 0 saturated carbocycles. The molecular formula is C20H20N2O2S. The third kappa shape index (κ3) is 3.43. The van der Waals surface area contributed by atoms with E-state index in [0.717, 1.165) is 39.9 Å². The summed E-state index contributed by atoms with van der Waals surface area (Å²) in [5.41, 5.74) is 2.74. The summed E-state index contributed by atoms with van der Waals surface area (Å²) in [4.78, 5) is 17.7. The van der Waals surface area contributed by atoms with Crippen molar-refractivity contribution >= 4 is 27.3 Å². The maximum Gasteiger partial charge on any atom is 0.269 e. The minimum absolute atomic E-state index is 0.185. The van der Waals surface area contributed by atoms with Crippen LogP contribution in [0.5, 0.6) is 0 Å². The molecule has 1 aliphatic rings. The Morgan fingerprint density at radius 1 is 1.20 bits per heavy atom. The fraction of sp³-hybridized carbons (Fsp3) is 0.300. The van der Waals surface area contributed by atoms with E-state index in [9.17, 15) is 9.90 Å². The van der Waals surface area contributed by atoms with E-state index in [1.54, 1.807) is 17.4 Å². The number of amides is 1. The topological polar surface area (TPSA) is 62.2 Å². The van der Waals surface area contributed by atoms with Gasteiger partial charge in [-0.2, -0.15) is 0 Å². The number of rotatable bonds is 4. The zero-order valence-electron chi connectivity index (χ0n) is 13.9. The highest BCUT2D eigenvalue weighted by atomic mass is 32.1. The number of aryl methyl sites for hydroxylation is 2. The van der Waals surface area contributed by atoms with E-state index in [-0.39, 0.29) is 12.5 Å². The van der Waals surface area contributed by atoms with Crippen LogP contribution in [-0.2, 0) is 12.8 Å². The lowest BCUT2D eigenvalue weighted by Gasteiger charge is -2.15. The SMILES string of the molecule is O=C(NCC(O)c1cc2ccccc2s1)c1ccc2c(n1)CCCC2. The van der Waals surface area contributed by atoms with Crippen molar-refractivity contribution in [3.05, 3.63) is 64.3 Å². The first-order chi connectivity index (χ1) is 12.2. The summed E-state index contributed by atoms with van der Waals surface area (Å²) in [6.45, 7) is 0.185. The van der Waals surface area contributed by atoms with Crippen LogP contribution in [0.3, 0.4) is 0 Å². The number of nitrogens with zero attached hydrogens (tertiary/aromatic N) is 1. The quantitative estimate of drug-likeness (QED) is 0.753. The molecule has 4 rings (SSSR count). The maximum absolute atomic E-state index is 12.4. The number of fused-ring (bicyclic) bond motifs is 2. The van der Waals surface area contributed by atoms with E-state index in [2.05, 4.69) is 10.3 Å². The molecule has 0 bridgehead atoms. The number of benzene rings is 1. The Labute approximate surface area is 150 Å². The number of hydrogen-bond donors (Lipinski definition) is 2. The van der Waals surface area contributed by atoms with Crippen LogP contribution in [0.15, 0.2) is 42.5 Å². The molecule has 5 heteroatoms. The second kappa shape index (κ2) is 6.94. The first-order valence-corrected chi connectivity index (χ1v) is 9.46. The molecule has 25 heavy (non-hydrogen) atoms. The van der Waals surface area contributed by atoms with E-state index in [1.165, 1.54) is 12.0 Å². The fourth-order valence-electron chi connectivity index (χ4n) is 3.26. The maximum atomic E-state index is 12.4.